The summed E-state index contributed by atoms with van der Waals surface area (Å²) in [7, 11) is 0. The van der Waals surface area contributed by atoms with Gasteiger partial charge in [0.15, 0.2) is 0 Å². The van der Waals surface area contributed by atoms with Crippen LogP contribution in [-0.2, 0) is 6.54 Å². The molecule has 0 saturated heterocycles. The Morgan fingerprint density at radius 3 is 2.88 bits per heavy atom. The highest BCUT2D eigenvalue weighted by Gasteiger charge is 2.41. The minimum atomic E-state index is -0.366. The summed E-state index contributed by atoms with van der Waals surface area (Å²) in [5.41, 5.74) is 6.94. The summed E-state index contributed by atoms with van der Waals surface area (Å²) in [5.74, 6) is -0.366. The number of nitrogens with one attached hydrogen (secondary N) is 1. The average molecular weight is 250 g/mol. The average Bonchev–Trinajstić information content (AvgIpc) is 3.10. The van der Waals surface area contributed by atoms with Crippen molar-refractivity contribution >= 4 is 17.7 Å². The molecule has 1 aromatic rings. The van der Waals surface area contributed by atoms with Crippen LogP contribution < -0.4 is 11.1 Å². The number of hydrogen-bond acceptors (Lipinski definition) is 3. The van der Waals surface area contributed by atoms with Crippen molar-refractivity contribution in [2.45, 2.75) is 24.1 Å². The number of carbonyl (C=O) groups excluding carboxylic acids is 1. The van der Waals surface area contributed by atoms with Gasteiger partial charge in [-0.25, -0.2) is 0 Å². The predicted octanol–water partition coefficient (Wildman–Crippen LogP) is 1.77. The third-order valence-electron chi connectivity index (χ3n) is 3.23. The van der Waals surface area contributed by atoms with Crippen LogP contribution in [0.5, 0.6) is 0 Å². The molecule has 3 N–H and O–H groups in total. The largest absolute Gasteiger partial charge is 0.366 e. The molecule has 3 nitrogen and oxygen atoms in total. The van der Waals surface area contributed by atoms with Crippen LogP contribution in [0.15, 0.2) is 24.3 Å². The molecule has 0 unspecified atom stereocenters. The lowest BCUT2D eigenvalue weighted by atomic mass is 10.1. The van der Waals surface area contributed by atoms with Crippen LogP contribution in [-0.4, -0.2) is 23.5 Å². The second-order valence-electron chi connectivity index (χ2n) is 4.56. The van der Waals surface area contributed by atoms with Crippen molar-refractivity contribution in [3.05, 3.63) is 35.4 Å². The van der Waals surface area contributed by atoms with Crippen LogP contribution >= 0.6 is 11.8 Å². The highest BCUT2D eigenvalue weighted by Crippen LogP contribution is 2.46. The molecule has 2 rings (SSSR count). The molecule has 1 amide bonds. The van der Waals surface area contributed by atoms with E-state index in [1.165, 1.54) is 12.8 Å². The molecule has 4 heteroatoms. The van der Waals surface area contributed by atoms with E-state index in [4.69, 9.17) is 5.73 Å². The first kappa shape index (κ1) is 12.5. The van der Waals surface area contributed by atoms with E-state index in [2.05, 4.69) is 11.6 Å². The second-order valence-corrected chi connectivity index (χ2v) is 5.83. The smallest absolute Gasteiger partial charge is 0.248 e. The normalized spacial score (nSPS) is 16.8. The molecule has 17 heavy (non-hydrogen) atoms. The van der Waals surface area contributed by atoms with Crippen LogP contribution in [0.2, 0.25) is 0 Å². The van der Waals surface area contributed by atoms with E-state index in [1.807, 2.05) is 30.0 Å². The quantitative estimate of drug-likeness (QED) is 0.809. The van der Waals surface area contributed by atoms with Gasteiger partial charge >= 0.3 is 0 Å². The maximum absolute atomic E-state index is 11.0. The van der Waals surface area contributed by atoms with Gasteiger partial charge in [0.05, 0.1) is 0 Å². The number of rotatable bonds is 6. The van der Waals surface area contributed by atoms with Crippen molar-refractivity contribution in [1.29, 1.82) is 0 Å². The van der Waals surface area contributed by atoms with Gasteiger partial charge in [-0.1, -0.05) is 12.1 Å². The SMILES string of the molecule is CSC1(CNCc2cccc(C(N)=O)c2)CC1. The first-order valence-electron chi connectivity index (χ1n) is 5.80. The molecule has 0 spiro atoms. The van der Waals surface area contributed by atoms with Gasteiger partial charge < -0.3 is 11.1 Å². The summed E-state index contributed by atoms with van der Waals surface area (Å²) in [5, 5.41) is 3.45. The summed E-state index contributed by atoms with van der Waals surface area (Å²) in [4.78, 5) is 11.0. The first-order chi connectivity index (χ1) is 8.15. The van der Waals surface area contributed by atoms with Gasteiger partial charge in [0.25, 0.3) is 0 Å². The van der Waals surface area contributed by atoms with Gasteiger partial charge in [-0.15, -0.1) is 0 Å². The predicted molar refractivity (Wildman–Crippen MR) is 72.1 cm³/mol. The summed E-state index contributed by atoms with van der Waals surface area (Å²) in [6.07, 6.45) is 4.79. The lowest BCUT2D eigenvalue weighted by molar-refractivity contribution is 0.1000. The number of carbonyl (C=O) groups is 1. The Balaban J connectivity index is 1.86. The standard InChI is InChI=1S/C13H18N2OS/c1-17-13(5-6-13)9-15-8-10-3-2-4-11(7-10)12(14)16/h2-4,7,15H,5-6,8-9H2,1H3,(H2,14,16). The molecule has 0 aliphatic heterocycles. The fourth-order valence-electron chi connectivity index (χ4n) is 1.86. The molecule has 92 valence electrons. The summed E-state index contributed by atoms with van der Waals surface area (Å²) < 4.78 is 0.474. The van der Waals surface area contributed by atoms with E-state index in [9.17, 15) is 4.79 Å². The van der Waals surface area contributed by atoms with Gasteiger partial charge in [0, 0.05) is 23.4 Å². The van der Waals surface area contributed by atoms with E-state index >= 15 is 0 Å². The van der Waals surface area contributed by atoms with Crippen molar-refractivity contribution in [2.75, 3.05) is 12.8 Å². The molecular weight excluding hydrogens is 232 g/mol. The lowest BCUT2D eigenvalue weighted by Crippen LogP contribution is -2.25. The zero-order valence-electron chi connectivity index (χ0n) is 10.0. The number of nitrogens with two attached hydrogens (primary N) is 1. The molecule has 0 radical (unpaired) electrons. The van der Waals surface area contributed by atoms with Crippen molar-refractivity contribution in [3.8, 4) is 0 Å². The van der Waals surface area contributed by atoms with Crippen LogP contribution in [0.4, 0.5) is 0 Å². The number of hydrogen-bond donors (Lipinski definition) is 2. The Bertz CT molecular complexity index is 416. The fourth-order valence-corrected chi connectivity index (χ4v) is 2.62. The Morgan fingerprint density at radius 1 is 1.53 bits per heavy atom. The van der Waals surface area contributed by atoms with Crippen molar-refractivity contribution < 1.29 is 4.79 Å². The maximum Gasteiger partial charge on any atom is 0.248 e. The Hall–Kier alpha value is -1.00. The van der Waals surface area contributed by atoms with Gasteiger partial charge in [-0.2, -0.15) is 11.8 Å². The van der Waals surface area contributed by atoms with Crippen LogP contribution in [0.25, 0.3) is 0 Å². The minimum Gasteiger partial charge on any atom is -0.366 e. The minimum absolute atomic E-state index is 0.366. The van der Waals surface area contributed by atoms with Crippen molar-refractivity contribution in [1.82, 2.24) is 5.32 Å². The van der Waals surface area contributed by atoms with Crippen molar-refractivity contribution in [2.24, 2.45) is 5.73 Å². The van der Waals surface area contributed by atoms with E-state index in [-0.39, 0.29) is 5.91 Å². The van der Waals surface area contributed by atoms with E-state index in [0.29, 0.717) is 10.3 Å². The molecule has 1 aliphatic carbocycles. The zero-order valence-corrected chi connectivity index (χ0v) is 10.8. The number of thioether (sulfide) groups is 1. The molecule has 0 bridgehead atoms. The van der Waals surface area contributed by atoms with Crippen LogP contribution in [0.3, 0.4) is 0 Å². The molecule has 0 aromatic heterocycles. The van der Waals surface area contributed by atoms with Gasteiger partial charge in [0.2, 0.25) is 5.91 Å². The summed E-state index contributed by atoms with van der Waals surface area (Å²) in [6, 6.07) is 7.49. The third-order valence-corrected chi connectivity index (χ3v) is 4.65. The molecule has 0 heterocycles. The monoisotopic (exact) mass is 250 g/mol. The molecule has 1 aromatic carbocycles. The summed E-state index contributed by atoms with van der Waals surface area (Å²) in [6.45, 7) is 1.83. The molecule has 0 atom stereocenters. The van der Waals surface area contributed by atoms with Gasteiger partial charge in [0.1, 0.15) is 0 Å². The number of benzene rings is 1. The maximum atomic E-state index is 11.0. The highest BCUT2D eigenvalue weighted by atomic mass is 32.2. The summed E-state index contributed by atoms with van der Waals surface area (Å²) >= 11 is 1.94. The van der Waals surface area contributed by atoms with Gasteiger partial charge in [-0.3, -0.25) is 4.79 Å². The molecule has 1 aliphatic rings. The van der Waals surface area contributed by atoms with Crippen molar-refractivity contribution in [3.63, 3.8) is 0 Å². The lowest BCUT2D eigenvalue weighted by Gasteiger charge is -2.13. The third kappa shape index (κ3) is 3.23. The first-order valence-corrected chi connectivity index (χ1v) is 7.02. The Labute approximate surface area is 106 Å². The second kappa shape index (κ2) is 5.10. The fraction of sp³-hybridized carbons (Fsp3) is 0.462. The van der Waals surface area contributed by atoms with E-state index in [0.717, 1.165) is 18.7 Å². The number of amides is 1. The molecule has 1 fully saturated rings. The molecule has 1 saturated carbocycles. The van der Waals surface area contributed by atoms with E-state index in [1.54, 1.807) is 6.07 Å². The van der Waals surface area contributed by atoms with Gasteiger partial charge in [-0.05, 0) is 36.8 Å². The topological polar surface area (TPSA) is 55.1 Å². The number of primary amides is 1. The zero-order chi connectivity index (χ0) is 12.3. The Morgan fingerprint density at radius 2 is 2.29 bits per heavy atom. The highest BCUT2D eigenvalue weighted by molar-refractivity contribution is 8.00. The van der Waals surface area contributed by atoms with Crippen LogP contribution in [0, 0.1) is 0 Å². The molecular formula is C13H18N2OS. The van der Waals surface area contributed by atoms with E-state index < -0.39 is 0 Å². The Kier molecular flexibility index (Phi) is 3.74. The van der Waals surface area contributed by atoms with Crippen LogP contribution in [0.1, 0.15) is 28.8 Å².